The molecule has 17 heavy (non-hydrogen) atoms. The average molecular weight is 297 g/mol. The van der Waals surface area contributed by atoms with Crippen LogP contribution in [0.3, 0.4) is 0 Å². The second-order valence-electron chi connectivity index (χ2n) is 4.48. The Morgan fingerprint density at radius 3 is 3.00 bits per heavy atom. The van der Waals surface area contributed by atoms with Crippen LogP contribution in [0.1, 0.15) is 28.8 Å². The van der Waals surface area contributed by atoms with Gasteiger partial charge in [0.25, 0.3) is 5.91 Å². The van der Waals surface area contributed by atoms with Crippen molar-refractivity contribution >= 4 is 21.8 Å². The maximum absolute atomic E-state index is 12.0. The number of rotatable bonds is 2. The van der Waals surface area contributed by atoms with E-state index in [1.165, 1.54) is 0 Å². The van der Waals surface area contributed by atoms with Crippen molar-refractivity contribution in [3.63, 3.8) is 0 Å². The van der Waals surface area contributed by atoms with Gasteiger partial charge in [0.2, 0.25) is 0 Å². The van der Waals surface area contributed by atoms with Crippen LogP contribution in [-0.4, -0.2) is 25.0 Å². The minimum Gasteiger partial charge on any atom is -0.348 e. The van der Waals surface area contributed by atoms with Crippen molar-refractivity contribution in [1.82, 2.24) is 10.6 Å². The van der Waals surface area contributed by atoms with E-state index < -0.39 is 0 Å². The number of carbonyl (C=O) groups excluding carboxylic acids is 1. The summed E-state index contributed by atoms with van der Waals surface area (Å²) in [5.41, 5.74) is 1.86. The molecule has 0 bridgehead atoms. The van der Waals surface area contributed by atoms with Gasteiger partial charge in [-0.1, -0.05) is 22.0 Å². The molecule has 0 aliphatic carbocycles. The quantitative estimate of drug-likeness (QED) is 0.879. The zero-order valence-electron chi connectivity index (χ0n) is 9.92. The van der Waals surface area contributed by atoms with Crippen LogP contribution >= 0.6 is 15.9 Å². The van der Waals surface area contributed by atoms with Crippen LogP contribution in [0, 0.1) is 6.92 Å². The van der Waals surface area contributed by atoms with Gasteiger partial charge >= 0.3 is 0 Å². The molecule has 1 aromatic rings. The summed E-state index contributed by atoms with van der Waals surface area (Å²) in [6, 6.07) is 5.96. The fourth-order valence-electron chi connectivity index (χ4n) is 1.98. The van der Waals surface area contributed by atoms with Gasteiger partial charge in [-0.2, -0.15) is 0 Å². The molecule has 2 rings (SSSR count). The maximum atomic E-state index is 12.0. The summed E-state index contributed by atoms with van der Waals surface area (Å²) in [5.74, 6) is 0.0133. The van der Waals surface area contributed by atoms with E-state index in [4.69, 9.17) is 0 Å². The first-order valence-electron chi connectivity index (χ1n) is 5.94. The zero-order chi connectivity index (χ0) is 12.3. The lowest BCUT2D eigenvalue weighted by atomic mass is 10.1. The third-order valence-electron chi connectivity index (χ3n) is 3.07. The minimum atomic E-state index is 0.0133. The molecular weight excluding hydrogens is 280 g/mol. The van der Waals surface area contributed by atoms with E-state index in [0.29, 0.717) is 5.56 Å². The van der Waals surface area contributed by atoms with Gasteiger partial charge < -0.3 is 10.6 Å². The van der Waals surface area contributed by atoms with Crippen molar-refractivity contribution < 1.29 is 4.79 Å². The van der Waals surface area contributed by atoms with Gasteiger partial charge in [0.05, 0.1) is 0 Å². The molecule has 1 heterocycles. The summed E-state index contributed by atoms with van der Waals surface area (Å²) in [5, 5.41) is 6.35. The largest absolute Gasteiger partial charge is 0.348 e. The summed E-state index contributed by atoms with van der Waals surface area (Å²) in [7, 11) is 0. The third-order valence-corrected chi connectivity index (χ3v) is 3.92. The van der Waals surface area contributed by atoms with Gasteiger partial charge in [0, 0.05) is 22.6 Å². The third kappa shape index (κ3) is 3.30. The predicted octanol–water partition coefficient (Wildman–Crippen LogP) is 2.24. The number of benzene rings is 1. The molecule has 3 nitrogen and oxygen atoms in total. The Balaban J connectivity index is 2.01. The van der Waals surface area contributed by atoms with E-state index >= 15 is 0 Å². The highest BCUT2D eigenvalue weighted by molar-refractivity contribution is 9.10. The minimum absolute atomic E-state index is 0.0133. The lowest BCUT2D eigenvalue weighted by Crippen LogP contribution is -2.45. The number of carbonyl (C=O) groups is 1. The summed E-state index contributed by atoms with van der Waals surface area (Å²) in [6.45, 7) is 3.94. The number of hydrogen-bond donors (Lipinski definition) is 2. The first-order chi connectivity index (χ1) is 8.16. The topological polar surface area (TPSA) is 41.1 Å². The van der Waals surface area contributed by atoms with Gasteiger partial charge in [-0.05, 0) is 44.0 Å². The Morgan fingerprint density at radius 1 is 1.53 bits per heavy atom. The van der Waals surface area contributed by atoms with Gasteiger partial charge in [0.1, 0.15) is 0 Å². The van der Waals surface area contributed by atoms with E-state index in [2.05, 4.69) is 26.6 Å². The summed E-state index contributed by atoms with van der Waals surface area (Å²) >= 11 is 3.45. The molecule has 1 fully saturated rings. The van der Waals surface area contributed by atoms with Gasteiger partial charge in [-0.15, -0.1) is 0 Å². The van der Waals surface area contributed by atoms with Crippen LogP contribution in [0.5, 0.6) is 0 Å². The molecule has 4 heteroatoms. The summed E-state index contributed by atoms with van der Waals surface area (Å²) in [4.78, 5) is 12.0. The molecule has 1 aliphatic rings. The molecule has 0 radical (unpaired) electrons. The van der Waals surface area contributed by atoms with E-state index in [-0.39, 0.29) is 11.9 Å². The first kappa shape index (κ1) is 12.6. The fraction of sp³-hybridized carbons (Fsp3) is 0.462. The van der Waals surface area contributed by atoms with E-state index in [9.17, 15) is 4.79 Å². The Bertz CT molecular complexity index is 414. The number of aryl methyl sites for hydroxylation is 1. The number of nitrogens with one attached hydrogen (secondary N) is 2. The molecule has 1 atom stereocenters. The van der Waals surface area contributed by atoms with E-state index in [0.717, 1.165) is 36.0 Å². The van der Waals surface area contributed by atoms with Crippen LogP contribution in [0.4, 0.5) is 0 Å². The monoisotopic (exact) mass is 296 g/mol. The van der Waals surface area contributed by atoms with E-state index in [1.807, 2.05) is 25.1 Å². The molecule has 0 saturated carbocycles. The second-order valence-corrected chi connectivity index (χ2v) is 5.34. The summed E-state index contributed by atoms with van der Waals surface area (Å²) < 4.78 is 0.979. The highest BCUT2D eigenvalue weighted by Gasteiger charge is 2.16. The van der Waals surface area contributed by atoms with Crippen molar-refractivity contribution in [2.75, 3.05) is 13.1 Å². The van der Waals surface area contributed by atoms with Gasteiger partial charge in [0.15, 0.2) is 0 Å². The normalized spacial score (nSPS) is 20.0. The molecule has 1 aromatic carbocycles. The molecule has 1 amide bonds. The molecular formula is C13H17BrN2O. The van der Waals surface area contributed by atoms with Crippen molar-refractivity contribution in [3.8, 4) is 0 Å². The number of piperidine rings is 1. The molecule has 92 valence electrons. The van der Waals surface area contributed by atoms with Crippen LogP contribution in [0.25, 0.3) is 0 Å². The first-order valence-corrected chi connectivity index (χ1v) is 6.74. The van der Waals surface area contributed by atoms with Gasteiger partial charge in [-0.25, -0.2) is 0 Å². The standard InChI is InChI=1S/C13H17BrN2O/c1-9-4-5-10(7-12(9)14)13(17)16-11-3-2-6-15-8-11/h4-5,7,11,15H,2-3,6,8H2,1H3,(H,16,17)/t11-/m0/s1. The van der Waals surface area contributed by atoms with Crippen molar-refractivity contribution in [1.29, 1.82) is 0 Å². The highest BCUT2D eigenvalue weighted by Crippen LogP contribution is 2.17. The number of amides is 1. The molecule has 1 aliphatic heterocycles. The van der Waals surface area contributed by atoms with Crippen LogP contribution in [-0.2, 0) is 0 Å². The Kier molecular flexibility index (Phi) is 4.18. The molecule has 0 aromatic heterocycles. The summed E-state index contributed by atoms with van der Waals surface area (Å²) in [6.07, 6.45) is 2.19. The molecule has 1 saturated heterocycles. The Labute approximate surface area is 110 Å². The molecule has 0 spiro atoms. The van der Waals surface area contributed by atoms with Crippen LogP contribution in [0.15, 0.2) is 22.7 Å². The second kappa shape index (κ2) is 5.65. The van der Waals surface area contributed by atoms with Crippen LogP contribution in [0.2, 0.25) is 0 Å². The average Bonchev–Trinajstić information content (AvgIpc) is 2.34. The van der Waals surface area contributed by atoms with Crippen molar-refractivity contribution in [2.24, 2.45) is 0 Å². The fourth-order valence-corrected chi connectivity index (χ4v) is 2.36. The number of hydrogen-bond acceptors (Lipinski definition) is 2. The smallest absolute Gasteiger partial charge is 0.251 e. The lowest BCUT2D eigenvalue weighted by Gasteiger charge is -2.23. The molecule has 0 unspecified atom stereocenters. The lowest BCUT2D eigenvalue weighted by molar-refractivity contribution is 0.0930. The van der Waals surface area contributed by atoms with Gasteiger partial charge in [-0.3, -0.25) is 4.79 Å². The Hall–Kier alpha value is -0.870. The SMILES string of the molecule is Cc1ccc(C(=O)N[C@H]2CCCNC2)cc1Br. The number of halogens is 1. The maximum Gasteiger partial charge on any atom is 0.251 e. The van der Waals surface area contributed by atoms with Crippen molar-refractivity contribution in [3.05, 3.63) is 33.8 Å². The van der Waals surface area contributed by atoms with Crippen molar-refractivity contribution in [2.45, 2.75) is 25.8 Å². The molecule has 2 N–H and O–H groups in total. The highest BCUT2D eigenvalue weighted by atomic mass is 79.9. The Morgan fingerprint density at radius 2 is 2.35 bits per heavy atom. The zero-order valence-corrected chi connectivity index (χ0v) is 11.5. The van der Waals surface area contributed by atoms with E-state index in [1.54, 1.807) is 0 Å². The predicted molar refractivity (Wildman–Crippen MR) is 72.2 cm³/mol. The van der Waals surface area contributed by atoms with Crippen LogP contribution < -0.4 is 10.6 Å².